The van der Waals surface area contributed by atoms with Crippen LogP contribution in [0.25, 0.3) is 0 Å². The van der Waals surface area contributed by atoms with Crippen molar-refractivity contribution in [3.8, 4) is 5.75 Å². The van der Waals surface area contributed by atoms with E-state index in [1.165, 1.54) is 6.33 Å². The quantitative estimate of drug-likeness (QED) is 0.845. The first-order valence-electron chi connectivity index (χ1n) is 7.48. The lowest BCUT2D eigenvalue weighted by Crippen LogP contribution is -2.45. The highest BCUT2D eigenvalue weighted by Gasteiger charge is 2.27. The Bertz CT molecular complexity index is 634. The van der Waals surface area contributed by atoms with Crippen LogP contribution in [0.3, 0.4) is 0 Å². The number of aromatic nitrogens is 3. The Labute approximate surface area is 135 Å². The number of carbonyl (C=O) groups excluding carboxylic acids is 1. The lowest BCUT2D eigenvalue weighted by molar-refractivity contribution is -0.119. The molecule has 0 radical (unpaired) electrons. The van der Waals surface area contributed by atoms with Gasteiger partial charge in [-0.15, -0.1) is 0 Å². The Balaban J connectivity index is 1.90. The number of carbonyl (C=O) groups is 1. The minimum atomic E-state index is -0.584. The van der Waals surface area contributed by atoms with Crippen LogP contribution < -0.4 is 15.8 Å². The number of hydrogen-bond donors (Lipinski definition) is 2. The molecule has 0 aliphatic carbocycles. The molecule has 1 heterocycles. The summed E-state index contributed by atoms with van der Waals surface area (Å²) in [6.45, 7) is 6.86. The van der Waals surface area contributed by atoms with Crippen LogP contribution in [0.5, 0.6) is 5.75 Å². The Hall–Kier alpha value is -2.41. The average molecular weight is 317 g/mol. The molecule has 2 aromatic rings. The molecule has 7 heteroatoms. The van der Waals surface area contributed by atoms with Crippen LogP contribution in [-0.4, -0.2) is 33.3 Å². The number of nitrogens with zero attached hydrogens (tertiary/aromatic N) is 3. The second-order valence-corrected chi connectivity index (χ2v) is 6.37. The molecular weight excluding hydrogens is 294 g/mol. The Morgan fingerprint density at radius 2 is 2.22 bits per heavy atom. The number of anilines is 1. The van der Waals surface area contributed by atoms with Crippen molar-refractivity contribution in [1.29, 1.82) is 0 Å². The van der Waals surface area contributed by atoms with E-state index in [1.54, 1.807) is 23.1 Å². The molecule has 0 bridgehead atoms. The maximum atomic E-state index is 12.1. The van der Waals surface area contributed by atoms with Gasteiger partial charge >= 0.3 is 0 Å². The third-order valence-corrected chi connectivity index (χ3v) is 3.37. The highest BCUT2D eigenvalue weighted by Crippen LogP contribution is 2.21. The fourth-order valence-corrected chi connectivity index (χ4v) is 1.88. The standard InChI is InChI=1S/C16H23N5O2/c1-16(2,3)14(17)15(22)20-12-5-4-6-13(9-12)23-8-7-21-11-18-10-19-21/h4-6,9-11,14H,7-8,17H2,1-3H3,(H,20,22)/t14-/m1/s1. The number of nitrogens with two attached hydrogens (primary N) is 1. The van der Waals surface area contributed by atoms with Crippen LogP contribution in [0.15, 0.2) is 36.9 Å². The number of hydrogen-bond acceptors (Lipinski definition) is 5. The lowest BCUT2D eigenvalue weighted by atomic mass is 9.87. The van der Waals surface area contributed by atoms with Crippen molar-refractivity contribution in [2.45, 2.75) is 33.4 Å². The Morgan fingerprint density at radius 3 is 2.87 bits per heavy atom. The highest BCUT2D eigenvalue weighted by atomic mass is 16.5. The molecule has 0 saturated carbocycles. The molecule has 7 nitrogen and oxygen atoms in total. The highest BCUT2D eigenvalue weighted by molar-refractivity contribution is 5.95. The number of benzene rings is 1. The van der Waals surface area contributed by atoms with Gasteiger partial charge in [0.1, 0.15) is 25.0 Å². The van der Waals surface area contributed by atoms with Crippen molar-refractivity contribution < 1.29 is 9.53 Å². The van der Waals surface area contributed by atoms with Crippen molar-refractivity contribution in [2.24, 2.45) is 11.1 Å². The fraction of sp³-hybridized carbons (Fsp3) is 0.438. The van der Waals surface area contributed by atoms with E-state index in [-0.39, 0.29) is 11.3 Å². The van der Waals surface area contributed by atoms with Gasteiger partial charge in [0.25, 0.3) is 0 Å². The van der Waals surface area contributed by atoms with E-state index in [2.05, 4.69) is 15.4 Å². The van der Waals surface area contributed by atoms with E-state index in [9.17, 15) is 4.79 Å². The van der Waals surface area contributed by atoms with Gasteiger partial charge in [-0.05, 0) is 17.5 Å². The van der Waals surface area contributed by atoms with Crippen molar-refractivity contribution in [1.82, 2.24) is 14.8 Å². The molecule has 3 N–H and O–H groups in total. The Kier molecular flexibility index (Phi) is 5.33. The van der Waals surface area contributed by atoms with E-state index in [0.29, 0.717) is 24.6 Å². The Morgan fingerprint density at radius 1 is 1.43 bits per heavy atom. The van der Waals surface area contributed by atoms with Gasteiger partial charge in [0, 0.05) is 11.8 Å². The van der Waals surface area contributed by atoms with Gasteiger partial charge in [-0.2, -0.15) is 5.10 Å². The zero-order chi connectivity index (χ0) is 16.9. The zero-order valence-electron chi connectivity index (χ0n) is 13.7. The topological polar surface area (TPSA) is 95.1 Å². The molecule has 0 aliphatic heterocycles. The smallest absolute Gasteiger partial charge is 0.241 e. The summed E-state index contributed by atoms with van der Waals surface area (Å²) in [5, 5.41) is 6.82. The largest absolute Gasteiger partial charge is 0.492 e. The number of ether oxygens (including phenoxy) is 1. The monoisotopic (exact) mass is 317 g/mol. The van der Waals surface area contributed by atoms with Crippen LogP contribution in [-0.2, 0) is 11.3 Å². The summed E-state index contributed by atoms with van der Waals surface area (Å²) in [6, 6.07) is 6.65. The van der Waals surface area contributed by atoms with Gasteiger partial charge in [0.2, 0.25) is 5.91 Å². The normalized spacial score (nSPS) is 12.7. The third kappa shape index (κ3) is 5.07. The van der Waals surface area contributed by atoms with Crippen LogP contribution in [0.4, 0.5) is 5.69 Å². The summed E-state index contributed by atoms with van der Waals surface area (Å²) in [5.41, 5.74) is 6.32. The van der Waals surface area contributed by atoms with Gasteiger partial charge in [0.05, 0.1) is 12.6 Å². The predicted octanol–water partition coefficient (Wildman–Crippen LogP) is 1.67. The third-order valence-electron chi connectivity index (χ3n) is 3.37. The minimum absolute atomic E-state index is 0.211. The molecule has 1 atom stereocenters. The molecule has 1 aromatic carbocycles. The maximum absolute atomic E-state index is 12.1. The molecule has 1 amide bonds. The van der Waals surface area contributed by atoms with Crippen molar-refractivity contribution in [3.05, 3.63) is 36.9 Å². The lowest BCUT2D eigenvalue weighted by Gasteiger charge is -2.25. The first-order chi connectivity index (χ1) is 10.9. The fourth-order valence-electron chi connectivity index (χ4n) is 1.88. The van der Waals surface area contributed by atoms with Gasteiger partial charge in [-0.25, -0.2) is 9.67 Å². The summed E-state index contributed by atoms with van der Waals surface area (Å²) in [4.78, 5) is 16.0. The maximum Gasteiger partial charge on any atom is 0.241 e. The van der Waals surface area contributed by atoms with E-state index >= 15 is 0 Å². The molecular formula is C16H23N5O2. The second kappa shape index (κ2) is 7.23. The first-order valence-corrected chi connectivity index (χ1v) is 7.48. The summed E-state index contributed by atoms with van der Waals surface area (Å²) in [7, 11) is 0. The summed E-state index contributed by atoms with van der Waals surface area (Å²) >= 11 is 0. The molecule has 23 heavy (non-hydrogen) atoms. The summed E-state index contributed by atoms with van der Waals surface area (Å²) in [5.74, 6) is 0.463. The molecule has 0 spiro atoms. The van der Waals surface area contributed by atoms with Gasteiger partial charge in [-0.3, -0.25) is 4.79 Å². The van der Waals surface area contributed by atoms with Crippen molar-refractivity contribution >= 4 is 11.6 Å². The summed E-state index contributed by atoms with van der Waals surface area (Å²) < 4.78 is 7.35. The molecule has 0 saturated heterocycles. The number of rotatable bonds is 6. The SMILES string of the molecule is CC(C)(C)[C@H](N)C(=O)Nc1cccc(OCCn2cncn2)c1. The van der Waals surface area contributed by atoms with Crippen molar-refractivity contribution in [2.75, 3.05) is 11.9 Å². The van der Waals surface area contributed by atoms with E-state index in [1.807, 2.05) is 32.9 Å². The molecule has 0 aliphatic rings. The second-order valence-electron chi connectivity index (χ2n) is 6.37. The van der Waals surface area contributed by atoms with E-state index in [4.69, 9.17) is 10.5 Å². The molecule has 124 valence electrons. The van der Waals surface area contributed by atoms with Crippen LogP contribution in [0.2, 0.25) is 0 Å². The molecule has 1 aromatic heterocycles. The number of amides is 1. The minimum Gasteiger partial charge on any atom is -0.492 e. The average Bonchev–Trinajstić information content (AvgIpc) is 2.99. The first kappa shape index (κ1) is 17.0. The number of nitrogens with one attached hydrogen (secondary N) is 1. The van der Waals surface area contributed by atoms with Gasteiger partial charge in [-0.1, -0.05) is 26.8 Å². The van der Waals surface area contributed by atoms with Crippen LogP contribution in [0.1, 0.15) is 20.8 Å². The van der Waals surface area contributed by atoms with Crippen LogP contribution >= 0.6 is 0 Å². The molecule has 2 rings (SSSR count). The zero-order valence-corrected chi connectivity index (χ0v) is 13.7. The molecule has 0 fully saturated rings. The van der Waals surface area contributed by atoms with Gasteiger partial charge < -0.3 is 15.8 Å². The van der Waals surface area contributed by atoms with E-state index < -0.39 is 6.04 Å². The van der Waals surface area contributed by atoms with E-state index in [0.717, 1.165) is 0 Å². The van der Waals surface area contributed by atoms with Crippen molar-refractivity contribution in [3.63, 3.8) is 0 Å². The van der Waals surface area contributed by atoms with Crippen LogP contribution in [0, 0.1) is 5.41 Å². The predicted molar refractivity (Wildman–Crippen MR) is 88.0 cm³/mol. The van der Waals surface area contributed by atoms with Gasteiger partial charge in [0.15, 0.2) is 0 Å². The molecule has 0 unspecified atom stereocenters. The summed E-state index contributed by atoms with van der Waals surface area (Å²) in [6.07, 6.45) is 3.11.